The van der Waals surface area contributed by atoms with Gasteiger partial charge in [-0.25, -0.2) is 0 Å². The molecule has 0 rings (SSSR count). The minimum absolute atomic E-state index is 0.0583. The van der Waals surface area contributed by atoms with Gasteiger partial charge in [0, 0.05) is 19.4 Å². The van der Waals surface area contributed by atoms with Gasteiger partial charge in [0.2, 0.25) is 0 Å². The molecule has 0 aliphatic carbocycles. The zero-order valence-electron chi connectivity index (χ0n) is 37.1. The van der Waals surface area contributed by atoms with E-state index >= 15 is 0 Å². The molecule has 0 aromatic carbocycles. The summed E-state index contributed by atoms with van der Waals surface area (Å²) in [6, 6.07) is 0. The molecule has 5 nitrogen and oxygen atoms in total. The predicted octanol–water partition coefficient (Wildman–Crippen LogP) is 15.8. The van der Waals surface area contributed by atoms with Crippen LogP contribution in [-0.4, -0.2) is 37.9 Å². The summed E-state index contributed by atoms with van der Waals surface area (Å²) in [6.45, 7) is 7.65. The zero-order chi connectivity index (χ0) is 40.7. The van der Waals surface area contributed by atoms with Gasteiger partial charge in [-0.15, -0.1) is 0 Å². The number of rotatable bonds is 43. The van der Waals surface area contributed by atoms with Crippen LogP contribution in [0.15, 0.2) is 60.8 Å². The molecule has 0 N–H and O–H groups in total. The van der Waals surface area contributed by atoms with Crippen molar-refractivity contribution >= 4 is 11.9 Å². The van der Waals surface area contributed by atoms with Crippen molar-refractivity contribution in [3.8, 4) is 0 Å². The molecule has 0 aromatic heterocycles. The molecule has 0 saturated heterocycles. The summed E-state index contributed by atoms with van der Waals surface area (Å²) < 4.78 is 17.3. The molecule has 1 unspecified atom stereocenters. The number of hydrogen-bond donors (Lipinski definition) is 0. The van der Waals surface area contributed by atoms with Crippen LogP contribution in [0.1, 0.15) is 226 Å². The molecule has 0 saturated carbocycles. The van der Waals surface area contributed by atoms with Gasteiger partial charge in [-0.1, -0.05) is 216 Å². The van der Waals surface area contributed by atoms with Crippen molar-refractivity contribution in [1.29, 1.82) is 0 Å². The standard InChI is InChI=1S/C51H90O5/c1-4-7-10-13-16-19-21-23-25-26-27-28-30-33-35-38-41-44-50(52)55-48-49(56-51(53)45-42-39-36-32-18-15-12-9-6-3)47-54-46-43-40-37-34-31-29-24-22-20-17-14-11-8-5-2/h7,10,16,19,23,25,27-28,33,35,49H,4-6,8-9,11-15,17-18,20-22,24,26,29-32,34,36-48H2,1-3H3/b10-7-,19-16-,25-23-,28-27-,35-33-. The molecule has 0 fully saturated rings. The molecule has 0 amide bonds. The predicted molar refractivity (Wildman–Crippen MR) is 242 cm³/mol. The summed E-state index contributed by atoms with van der Waals surface area (Å²) in [7, 11) is 0. The number of esters is 2. The fourth-order valence-electron chi connectivity index (χ4n) is 6.55. The van der Waals surface area contributed by atoms with Crippen molar-refractivity contribution in [2.24, 2.45) is 0 Å². The Bertz CT molecular complexity index is 977. The third-order valence-corrected chi connectivity index (χ3v) is 10.1. The first kappa shape index (κ1) is 53.6. The van der Waals surface area contributed by atoms with E-state index in [2.05, 4.69) is 81.5 Å². The van der Waals surface area contributed by atoms with Crippen molar-refractivity contribution in [3.05, 3.63) is 60.8 Å². The van der Waals surface area contributed by atoms with Crippen LogP contribution in [0, 0.1) is 0 Å². The molecule has 0 aliphatic rings. The Hall–Kier alpha value is -2.40. The first-order chi connectivity index (χ1) is 27.6. The van der Waals surface area contributed by atoms with Crippen LogP contribution in [0.4, 0.5) is 0 Å². The molecular weight excluding hydrogens is 693 g/mol. The summed E-state index contributed by atoms with van der Waals surface area (Å²) in [5.74, 6) is -0.461. The van der Waals surface area contributed by atoms with Gasteiger partial charge in [0.1, 0.15) is 6.61 Å². The molecule has 0 aliphatic heterocycles. The average Bonchev–Trinajstić information content (AvgIpc) is 3.20. The topological polar surface area (TPSA) is 61.8 Å². The lowest BCUT2D eigenvalue weighted by Gasteiger charge is -2.18. The number of ether oxygens (including phenoxy) is 3. The van der Waals surface area contributed by atoms with Gasteiger partial charge in [0.25, 0.3) is 0 Å². The minimum Gasteiger partial charge on any atom is -0.462 e. The van der Waals surface area contributed by atoms with E-state index in [1.807, 2.05) is 0 Å². The normalized spacial score (nSPS) is 12.7. The fourth-order valence-corrected chi connectivity index (χ4v) is 6.55. The Morgan fingerprint density at radius 2 is 0.804 bits per heavy atom. The minimum atomic E-state index is -0.553. The second kappa shape index (κ2) is 47.0. The molecule has 56 heavy (non-hydrogen) atoms. The van der Waals surface area contributed by atoms with Crippen molar-refractivity contribution in [1.82, 2.24) is 0 Å². The number of carbonyl (C=O) groups excluding carboxylic acids is 2. The largest absolute Gasteiger partial charge is 0.462 e. The maximum atomic E-state index is 12.7. The Kier molecular flexibility index (Phi) is 45.0. The lowest BCUT2D eigenvalue weighted by atomic mass is 10.0. The second-order valence-electron chi connectivity index (χ2n) is 15.6. The molecule has 0 aromatic rings. The van der Waals surface area contributed by atoms with E-state index in [0.29, 0.717) is 19.4 Å². The van der Waals surface area contributed by atoms with Crippen molar-refractivity contribution in [3.63, 3.8) is 0 Å². The smallest absolute Gasteiger partial charge is 0.306 e. The van der Waals surface area contributed by atoms with Crippen LogP contribution < -0.4 is 0 Å². The lowest BCUT2D eigenvalue weighted by Crippen LogP contribution is -2.30. The Morgan fingerprint density at radius 1 is 0.411 bits per heavy atom. The van der Waals surface area contributed by atoms with Crippen molar-refractivity contribution in [2.75, 3.05) is 19.8 Å². The highest BCUT2D eigenvalue weighted by molar-refractivity contribution is 5.70. The average molecular weight is 783 g/mol. The summed E-state index contributed by atoms with van der Waals surface area (Å²) in [5.41, 5.74) is 0. The van der Waals surface area contributed by atoms with E-state index in [-0.39, 0.29) is 25.2 Å². The fraction of sp³-hybridized carbons (Fsp3) is 0.765. The Labute approximate surface area is 347 Å². The van der Waals surface area contributed by atoms with Crippen LogP contribution in [0.3, 0.4) is 0 Å². The van der Waals surface area contributed by atoms with Crippen molar-refractivity contribution in [2.45, 2.75) is 232 Å². The quantitative estimate of drug-likeness (QED) is 0.0350. The SMILES string of the molecule is CC/C=C\C/C=C\C/C=C\C/C=C\C/C=C\CCCC(=O)OCC(COCCCCCCCCCCCCCCCC)OC(=O)CCCCCCCCCCC. The summed E-state index contributed by atoms with van der Waals surface area (Å²) in [4.78, 5) is 25.2. The molecule has 1 atom stereocenters. The Morgan fingerprint density at radius 3 is 1.27 bits per heavy atom. The zero-order valence-corrected chi connectivity index (χ0v) is 37.1. The van der Waals surface area contributed by atoms with Gasteiger partial charge in [0.15, 0.2) is 6.10 Å². The maximum absolute atomic E-state index is 12.7. The van der Waals surface area contributed by atoms with Gasteiger partial charge in [-0.05, 0) is 57.8 Å². The number of carbonyl (C=O) groups is 2. The molecule has 0 radical (unpaired) electrons. The van der Waals surface area contributed by atoms with Crippen LogP contribution in [-0.2, 0) is 23.8 Å². The van der Waals surface area contributed by atoms with Crippen LogP contribution in [0.25, 0.3) is 0 Å². The van der Waals surface area contributed by atoms with Gasteiger partial charge in [0.05, 0.1) is 6.61 Å². The van der Waals surface area contributed by atoms with Crippen LogP contribution >= 0.6 is 0 Å². The first-order valence-electron chi connectivity index (χ1n) is 23.8. The van der Waals surface area contributed by atoms with E-state index in [0.717, 1.165) is 70.6 Å². The molecule has 0 heterocycles. The number of allylic oxidation sites excluding steroid dienone is 10. The lowest BCUT2D eigenvalue weighted by molar-refractivity contribution is -0.163. The van der Waals surface area contributed by atoms with Gasteiger partial charge in [-0.2, -0.15) is 0 Å². The number of hydrogen-bond acceptors (Lipinski definition) is 5. The highest BCUT2D eigenvalue weighted by Crippen LogP contribution is 2.14. The summed E-state index contributed by atoms with van der Waals surface area (Å²) in [6.07, 6.45) is 58.0. The Balaban J connectivity index is 4.29. The molecule has 0 bridgehead atoms. The van der Waals surface area contributed by atoms with E-state index < -0.39 is 6.10 Å². The molecule has 324 valence electrons. The van der Waals surface area contributed by atoms with Gasteiger partial charge >= 0.3 is 11.9 Å². The van der Waals surface area contributed by atoms with E-state index in [4.69, 9.17) is 14.2 Å². The van der Waals surface area contributed by atoms with E-state index in [9.17, 15) is 9.59 Å². The third kappa shape index (κ3) is 44.3. The second-order valence-corrected chi connectivity index (χ2v) is 15.6. The highest BCUT2D eigenvalue weighted by Gasteiger charge is 2.17. The first-order valence-corrected chi connectivity index (χ1v) is 23.8. The van der Waals surface area contributed by atoms with Gasteiger partial charge < -0.3 is 14.2 Å². The third-order valence-electron chi connectivity index (χ3n) is 10.1. The monoisotopic (exact) mass is 783 g/mol. The maximum Gasteiger partial charge on any atom is 0.306 e. The van der Waals surface area contributed by atoms with Crippen molar-refractivity contribution < 1.29 is 23.8 Å². The molecule has 0 spiro atoms. The van der Waals surface area contributed by atoms with E-state index in [1.165, 1.54) is 122 Å². The molecule has 5 heteroatoms. The van der Waals surface area contributed by atoms with E-state index in [1.54, 1.807) is 0 Å². The van der Waals surface area contributed by atoms with Crippen LogP contribution in [0.2, 0.25) is 0 Å². The molecular formula is C51H90O5. The summed E-state index contributed by atoms with van der Waals surface area (Å²) in [5, 5.41) is 0. The van der Waals surface area contributed by atoms with Gasteiger partial charge in [-0.3, -0.25) is 9.59 Å². The summed E-state index contributed by atoms with van der Waals surface area (Å²) >= 11 is 0. The highest BCUT2D eigenvalue weighted by atomic mass is 16.6. The van der Waals surface area contributed by atoms with Crippen LogP contribution in [0.5, 0.6) is 0 Å². The number of unbranched alkanes of at least 4 members (excludes halogenated alkanes) is 22.